The van der Waals surface area contributed by atoms with E-state index in [0.29, 0.717) is 5.56 Å². The lowest BCUT2D eigenvalue weighted by Gasteiger charge is -2.16. The summed E-state index contributed by atoms with van der Waals surface area (Å²) in [5.74, 6) is -1.28. The molecule has 4 aromatic rings. The summed E-state index contributed by atoms with van der Waals surface area (Å²) < 4.78 is 14.1. The van der Waals surface area contributed by atoms with Crippen LogP contribution in [0.3, 0.4) is 0 Å². The Morgan fingerprint density at radius 2 is 1.79 bits per heavy atom. The van der Waals surface area contributed by atoms with Gasteiger partial charge in [0.25, 0.3) is 0 Å². The average Bonchev–Trinajstić information content (AvgIpc) is 2.79. The van der Waals surface area contributed by atoms with Crippen LogP contribution in [0.4, 0.5) is 15.8 Å². The number of phenols is 1. The van der Waals surface area contributed by atoms with Crippen LogP contribution in [-0.2, 0) is 13.0 Å². The van der Waals surface area contributed by atoms with Gasteiger partial charge in [-0.15, -0.1) is 0 Å². The summed E-state index contributed by atoms with van der Waals surface area (Å²) in [6.07, 6.45) is 3.79. The standard InChI is InChI=1S/C27H27ClFN3O/c1-4-5-19-15-30-25-11-8-18(20-13-23(28)27(33)24(29)14-20)12-22(25)26(19)31-21-9-6-17(7-10-21)16-32(2)3/h6-15,33H,4-5,16H2,1-3H3,(H,30,31). The fourth-order valence-corrected chi connectivity index (χ4v) is 4.16. The SMILES string of the molecule is CCCc1cnc2ccc(-c3cc(F)c(O)c(Cl)c3)cc2c1Nc1ccc(CN(C)C)cc1. The van der Waals surface area contributed by atoms with Crippen LogP contribution in [0.25, 0.3) is 22.0 Å². The maximum atomic E-state index is 14.1. The van der Waals surface area contributed by atoms with E-state index in [0.717, 1.165) is 52.8 Å². The first kappa shape index (κ1) is 23.0. The lowest BCUT2D eigenvalue weighted by Crippen LogP contribution is -2.10. The fourth-order valence-electron chi connectivity index (χ4n) is 3.96. The molecule has 0 radical (unpaired) electrons. The van der Waals surface area contributed by atoms with Crippen LogP contribution in [0.2, 0.25) is 5.02 Å². The van der Waals surface area contributed by atoms with Gasteiger partial charge in [-0.25, -0.2) is 4.39 Å². The first-order chi connectivity index (χ1) is 15.9. The molecule has 3 aromatic carbocycles. The molecule has 0 saturated carbocycles. The number of hydrogen-bond donors (Lipinski definition) is 2. The maximum Gasteiger partial charge on any atom is 0.170 e. The van der Waals surface area contributed by atoms with Crippen LogP contribution < -0.4 is 5.32 Å². The number of benzene rings is 3. The third kappa shape index (κ3) is 5.10. The van der Waals surface area contributed by atoms with Gasteiger partial charge in [0.15, 0.2) is 11.6 Å². The molecule has 4 rings (SSSR count). The number of anilines is 2. The van der Waals surface area contributed by atoms with Gasteiger partial charge < -0.3 is 15.3 Å². The first-order valence-electron chi connectivity index (χ1n) is 11.0. The Morgan fingerprint density at radius 1 is 1.03 bits per heavy atom. The monoisotopic (exact) mass is 463 g/mol. The van der Waals surface area contributed by atoms with Gasteiger partial charge in [0.2, 0.25) is 0 Å². The van der Waals surface area contributed by atoms with Crippen molar-refractivity contribution in [1.29, 1.82) is 0 Å². The molecular formula is C27H27ClFN3O. The number of aromatic nitrogens is 1. The van der Waals surface area contributed by atoms with Crippen LogP contribution in [0.1, 0.15) is 24.5 Å². The molecule has 6 heteroatoms. The smallest absolute Gasteiger partial charge is 0.170 e. The van der Waals surface area contributed by atoms with Crippen LogP contribution in [0, 0.1) is 5.82 Å². The molecule has 0 aliphatic carbocycles. The molecule has 33 heavy (non-hydrogen) atoms. The summed E-state index contributed by atoms with van der Waals surface area (Å²) in [5.41, 5.74) is 6.58. The summed E-state index contributed by atoms with van der Waals surface area (Å²) in [6, 6.07) is 17.1. The number of aryl methyl sites for hydroxylation is 1. The summed E-state index contributed by atoms with van der Waals surface area (Å²) >= 11 is 6.02. The molecule has 1 aromatic heterocycles. The molecule has 4 nitrogen and oxygen atoms in total. The van der Waals surface area contributed by atoms with E-state index in [1.54, 1.807) is 6.07 Å². The topological polar surface area (TPSA) is 48.4 Å². The lowest BCUT2D eigenvalue weighted by atomic mass is 9.99. The van der Waals surface area contributed by atoms with Gasteiger partial charge in [-0.1, -0.05) is 43.1 Å². The molecule has 0 spiro atoms. The second-order valence-electron chi connectivity index (χ2n) is 8.49. The molecular weight excluding hydrogens is 437 g/mol. The van der Waals surface area contributed by atoms with Crippen LogP contribution in [0.15, 0.2) is 60.8 Å². The van der Waals surface area contributed by atoms with Crippen molar-refractivity contribution in [2.24, 2.45) is 0 Å². The van der Waals surface area contributed by atoms with E-state index in [-0.39, 0.29) is 5.02 Å². The number of rotatable bonds is 7. The van der Waals surface area contributed by atoms with Gasteiger partial charge in [0.1, 0.15) is 0 Å². The van der Waals surface area contributed by atoms with Gasteiger partial charge >= 0.3 is 0 Å². The molecule has 0 atom stereocenters. The Morgan fingerprint density at radius 3 is 2.45 bits per heavy atom. The van der Waals surface area contributed by atoms with E-state index in [1.165, 1.54) is 11.6 Å². The zero-order valence-corrected chi connectivity index (χ0v) is 19.7. The molecule has 2 N–H and O–H groups in total. The number of fused-ring (bicyclic) bond motifs is 1. The molecule has 0 aliphatic heterocycles. The van der Waals surface area contributed by atoms with E-state index < -0.39 is 11.6 Å². The van der Waals surface area contributed by atoms with E-state index in [9.17, 15) is 9.50 Å². The summed E-state index contributed by atoms with van der Waals surface area (Å²) in [4.78, 5) is 6.78. The van der Waals surface area contributed by atoms with Crippen molar-refractivity contribution < 1.29 is 9.50 Å². The van der Waals surface area contributed by atoms with Crippen molar-refractivity contribution in [2.45, 2.75) is 26.3 Å². The third-order valence-electron chi connectivity index (χ3n) is 5.54. The van der Waals surface area contributed by atoms with Gasteiger partial charge in [0.05, 0.1) is 16.2 Å². The Balaban J connectivity index is 1.79. The van der Waals surface area contributed by atoms with Gasteiger partial charge in [-0.05, 0) is 79.2 Å². The van der Waals surface area contributed by atoms with Crippen LogP contribution in [-0.4, -0.2) is 29.1 Å². The summed E-state index contributed by atoms with van der Waals surface area (Å²) in [7, 11) is 4.11. The highest BCUT2D eigenvalue weighted by Gasteiger charge is 2.13. The number of aromatic hydroxyl groups is 1. The van der Waals surface area contributed by atoms with Crippen molar-refractivity contribution in [1.82, 2.24) is 9.88 Å². The minimum Gasteiger partial charge on any atom is -0.504 e. The Labute approximate surface area is 198 Å². The van der Waals surface area contributed by atoms with Crippen molar-refractivity contribution >= 4 is 33.9 Å². The van der Waals surface area contributed by atoms with Crippen LogP contribution >= 0.6 is 11.6 Å². The molecule has 0 saturated heterocycles. The van der Waals surface area contributed by atoms with Crippen molar-refractivity contribution in [3.05, 3.63) is 82.8 Å². The predicted octanol–water partition coefficient (Wildman–Crippen LogP) is 7.16. The fraction of sp³-hybridized carbons (Fsp3) is 0.222. The van der Waals surface area contributed by atoms with Crippen molar-refractivity contribution in [3.63, 3.8) is 0 Å². The molecule has 0 bridgehead atoms. The molecule has 0 amide bonds. The quantitative estimate of drug-likeness (QED) is 0.305. The number of pyridine rings is 1. The number of hydrogen-bond acceptors (Lipinski definition) is 4. The highest BCUT2D eigenvalue weighted by molar-refractivity contribution is 6.32. The van der Waals surface area contributed by atoms with Crippen molar-refractivity contribution in [2.75, 3.05) is 19.4 Å². The van der Waals surface area contributed by atoms with E-state index in [4.69, 9.17) is 11.6 Å². The highest BCUT2D eigenvalue weighted by atomic mass is 35.5. The van der Waals surface area contributed by atoms with Gasteiger partial charge in [-0.2, -0.15) is 0 Å². The molecule has 1 heterocycles. The minimum atomic E-state index is -0.744. The lowest BCUT2D eigenvalue weighted by molar-refractivity contribution is 0.402. The maximum absolute atomic E-state index is 14.1. The zero-order valence-electron chi connectivity index (χ0n) is 19.0. The molecule has 0 fully saturated rings. The normalized spacial score (nSPS) is 11.3. The number of halogens is 2. The minimum absolute atomic E-state index is 0.0147. The largest absolute Gasteiger partial charge is 0.504 e. The third-order valence-corrected chi connectivity index (χ3v) is 5.83. The van der Waals surface area contributed by atoms with E-state index in [1.807, 2.05) is 24.4 Å². The molecule has 0 aliphatic rings. The Hall–Kier alpha value is -3.15. The van der Waals surface area contributed by atoms with Crippen molar-refractivity contribution in [3.8, 4) is 16.9 Å². The second kappa shape index (κ2) is 9.77. The van der Waals surface area contributed by atoms with E-state index >= 15 is 0 Å². The number of nitrogens with zero attached hydrogens (tertiary/aromatic N) is 2. The summed E-state index contributed by atoms with van der Waals surface area (Å²) in [6.45, 7) is 3.02. The second-order valence-corrected chi connectivity index (χ2v) is 8.90. The highest BCUT2D eigenvalue weighted by Crippen LogP contribution is 2.36. The predicted molar refractivity (Wildman–Crippen MR) is 135 cm³/mol. The molecule has 0 unspecified atom stereocenters. The Bertz CT molecular complexity index is 1270. The molecule has 170 valence electrons. The van der Waals surface area contributed by atoms with E-state index in [2.05, 4.69) is 60.5 Å². The van der Waals surface area contributed by atoms with Gasteiger partial charge in [-0.3, -0.25) is 4.98 Å². The average molecular weight is 464 g/mol. The Kier molecular flexibility index (Phi) is 6.82. The first-order valence-corrected chi connectivity index (χ1v) is 11.3. The van der Waals surface area contributed by atoms with Crippen LogP contribution in [0.5, 0.6) is 5.75 Å². The number of nitrogens with one attached hydrogen (secondary N) is 1. The number of phenolic OH excluding ortho intramolecular Hbond substituents is 1. The zero-order chi connectivity index (χ0) is 23.5. The van der Waals surface area contributed by atoms with Gasteiger partial charge in [0, 0.05) is 23.8 Å². The summed E-state index contributed by atoms with van der Waals surface area (Å²) in [5, 5.41) is 14.2.